The highest BCUT2D eigenvalue weighted by Crippen LogP contribution is 2.38. The van der Waals surface area contributed by atoms with E-state index in [0.29, 0.717) is 5.92 Å². The minimum atomic E-state index is -0.946. The summed E-state index contributed by atoms with van der Waals surface area (Å²) in [7, 11) is 0. The number of carbonyl (C=O) groups is 2. The first-order valence-corrected chi connectivity index (χ1v) is 7.91. The van der Waals surface area contributed by atoms with E-state index in [1.165, 1.54) is 0 Å². The standard InChI is InChI=1S/C20H22O4/c1-13(2)12-20(3,16-8-4-14(5-9-16)18(21)22)17-10-6-15(7-11-17)19(23)24/h4-11,13H,12H2,1-3H3,(H,21,22)(H,23,24). The summed E-state index contributed by atoms with van der Waals surface area (Å²) < 4.78 is 0. The quantitative estimate of drug-likeness (QED) is 0.823. The van der Waals surface area contributed by atoms with Gasteiger partial charge in [0.15, 0.2) is 0 Å². The van der Waals surface area contributed by atoms with Crippen molar-refractivity contribution in [1.82, 2.24) is 0 Å². The second-order valence-corrected chi connectivity index (χ2v) is 6.70. The topological polar surface area (TPSA) is 74.6 Å². The van der Waals surface area contributed by atoms with Crippen molar-refractivity contribution in [2.45, 2.75) is 32.6 Å². The number of carboxylic acid groups (broad SMARTS) is 2. The van der Waals surface area contributed by atoms with Gasteiger partial charge in [-0.25, -0.2) is 9.59 Å². The largest absolute Gasteiger partial charge is 0.478 e. The summed E-state index contributed by atoms with van der Waals surface area (Å²) in [6.07, 6.45) is 0.867. The molecule has 0 aliphatic heterocycles. The van der Waals surface area contributed by atoms with Crippen LogP contribution in [-0.4, -0.2) is 22.2 Å². The molecule has 0 radical (unpaired) electrons. The molecule has 2 N–H and O–H groups in total. The number of aromatic carboxylic acids is 2. The van der Waals surface area contributed by atoms with E-state index in [4.69, 9.17) is 10.2 Å². The maximum Gasteiger partial charge on any atom is 0.335 e. The molecule has 0 aromatic heterocycles. The van der Waals surface area contributed by atoms with Crippen molar-refractivity contribution in [2.24, 2.45) is 5.92 Å². The molecule has 0 bridgehead atoms. The number of hydrogen-bond acceptors (Lipinski definition) is 2. The van der Waals surface area contributed by atoms with Crippen LogP contribution in [0.15, 0.2) is 48.5 Å². The first-order valence-electron chi connectivity index (χ1n) is 7.91. The predicted octanol–water partition coefficient (Wildman–Crippen LogP) is 4.44. The maximum atomic E-state index is 11.1. The van der Waals surface area contributed by atoms with Crippen LogP contribution in [0, 0.1) is 5.92 Å². The normalized spacial score (nSPS) is 11.5. The van der Waals surface area contributed by atoms with Crippen LogP contribution in [0.4, 0.5) is 0 Å². The fourth-order valence-electron chi connectivity index (χ4n) is 3.18. The molecule has 4 heteroatoms. The second kappa shape index (κ2) is 6.87. The van der Waals surface area contributed by atoms with Crippen LogP contribution < -0.4 is 0 Å². The molecule has 0 unspecified atom stereocenters. The Hall–Kier alpha value is -2.62. The lowest BCUT2D eigenvalue weighted by Gasteiger charge is -2.33. The summed E-state index contributed by atoms with van der Waals surface area (Å²) >= 11 is 0. The third-order valence-corrected chi connectivity index (χ3v) is 4.35. The lowest BCUT2D eigenvalue weighted by Crippen LogP contribution is -2.26. The Morgan fingerprint density at radius 1 is 0.833 bits per heavy atom. The molecule has 2 rings (SSSR count). The average molecular weight is 326 g/mol. The van der Waals surface area contributed by atoms with Crippen LogP contribution in [-0.2, 0) is 5.41 Å². The molecule has 0 atom stereocenters. The summed E-state index contributed by atoms with van der Waals surface area (Å²) in [5.41, 5.74) is 2.23. The van der Waals surface area contributed by atoms with E-state index in [9.17, 15) is 9.59 Å². The van der Waals surface area contributed by atoms with Gasteiger partial charge in [-0.2, -0.15) is 0 Å². The fraction of sp³-hybridized carbons (Fsp3) is 0.300. The Kier molecular flexibility index (Phi) is 5.07. The monoisotopic (exact) mass is 326 g/mol. The van der Waals surface area contributed by atoms with Gasteiger partial charge in [-0.05, 0) is 47.7 Å². The Morgan fingerprint density at radius 3 is 1.42 bits per heavy atom. The van der Waals surface area contributed by atoms with Gasteiger partial charge >= 0.3 is 11.9 Å². The van der Waals surface area contributed by atoms with Crippen molar-refractivity contribution in [3.05, 3.63) is 70.8 Å². The molecular formula is C20H22O4. The van der Waals surface area contributed by atoms with Crippen LogP contribution in [0.1, 0.15) is 59.0 Å². The average Bonchev–Trinajstić information content (AvgIpc) is 2.54. The van der Waals surface area contributed by atoms with Crippen LogP contribution in [0.25, 0.3) is 0 Å². The van der Waals surface area contributed by atoms with Gasteiger partial charge in [0.05, 0.1) is 11.1 Å². The zero-order valence-corrected chi connectivity index (χ0v) is 14.1. The van der Waals surface area contributed by atoms with Crippen LogP contribution in [0.5, 0.6) is 0 Å². The Labute approximate surface area is 141 Å². The summed E-state index contributed by atoms with van der Waals surface area (Å²) in [6, 6.07) is 13.8. The summed E-state index contributed by atoms with van der Waals surface area (Å²) in [4.78, 5) is 22.1. The fourth-order valence-corrected chi connectivity index (χ4v) is 3.18. The molecule has 2 aromatic rings. The van der Waals surface area contributed by atoms with Gasteiger partial charge < -0.3 is 10.2 Å². The molecule has 0 saturated heterocycles. The number of benzene rings is 2. The first kappa shape index (κ1) is 17.7. The molecule has 0 aliphatic rings. The molecule has 0 heterocycles. The zero-order valence-electron chi connectivity index (χ0n) is 14.1. The summed E-state index contributed by atoms with van der Waals surface area (Å²) in [6.45, 7) is 6.38. The summed E-state index contributed by atoms with van der Waals surface area (Å²) in [5.74, 6) is -1.47. The number of hydrogen-bond donors (Lipinski definition) is 2. The Balaban J connectivity index is 2.48. The van der Waals surface area contributed by atoms with Gasteiger partial charge in [-0.3, -0.25) is 0 Å². The third kappa shape index (κ3) is 3.65. The van der Waals surface area contributed by atoms with Gasteiger partial charge in [0.1, 0.15) is 0 Å². The Morgan fingerprint density at radius 2 is 1.17 bits per heavy atom. The van der Waals surface area contributed by atoms with Crippen LogP contribution >= 0.6 is 0 Å². The van der Waals surface area contributed by atoms with Crippen molar-refractivity contribution < 1.29 is 19.8 Å². The molecule has 0 fully saturated rings. The highest BCUT2D eigenvalue weighted by molar-refractivity contribution is 5.88. The van der Waals surface area contributed by atoms with Gasteiger partial charge in [-0.15, -0.1) is 0 Å². The molecule has 4 nitrogen and oxygen atoms in total. The minimum Gasteiger partial charge on any atom is -0.478 e. The minimum absolute atomic E-state index is 0.256. The van der Waals surface area contributed by atoms with Crippen molar-refractivity contribution in [3.8, 4) is 0 Å². The van der Waals surface area contributed by atoms with E-state index in [1.807, 2.05) is 24.3 Å². The Bertz CT molecular complexity index is 670. The predicted molar refractivity (Wildman–Crippen MR) is 92.7 cm³/mol. The van der Waals surface area contributed by atoms with Gasteiger partial charge in [-0.1, -0.05) is 45.0 Å². The first-order chi connectivity index (χ1) is 11.2. The molecule has 0 saturated carbocycles. The highest BCUT2D eigenvalue weighted by atomic mass is 16.4. The number of carboxylic acids is 2. The third-order valence-electron chi connectivity index (χ3n) is 4.35. The molecule has 0 spiro atoms. The lowest BCUT2D eigenvalue weighted by molar-refractivity contribution is 0.0686. The molecular weight excluding hydrogens is 304 g/mol. The molecule has 0 aliphatic carbocycles. The van der Waals surface area contributed by atoms with E-state index in [0.717, 1.165) is 17.5 Å². The van der Waals surface area contributed by atoms with Crippen molar-refractivity contribution in [2.75, 3.05) is 0 Å². The maximum absolute atomic E-state index is 11.1. The summed E-state index contributed by atoms with van der Waals surface area (Å²) in [5, 5.41) is 18.1. The van der Waals surface area contributed by atoms with Crippen LogP contribution in [0.3, 0.4) is 0 Å². The van der Waals surface area contributed by atoms with E-state index in [1.54, 1.807) is 24.3 Å². The van der Waals surface area contributed by atoms with E-state index >= 15 is 0 Å². The molecule has 24 heavy (non-hydrogen) atoms. The molecule has 126 valence electrons. The highest BCUT2D eigenvalue weighted by Gasteiger charge is 2.30. The SMILES string of the molecule is CC(C)CC(C)(c1ccc(C(=O)O)cc1)c1ccc(C(=O)O)cc1. The van der Waals surface area contributed by atoms with Gasteiger partial charge in [0.25, 0.3) is 0 Å². The zero-order chi connectivity index (χ0) is 17.9. The van der Waals surface area contributed by atoms with Crippen LogP contribution in [0.2, 0.25) is 0 Å². The van der Waals surface area contributed by atoms with Crippen molar-refractivity contribution in [1.29, 1.82) is 0 Å². The van der Waals surface area contributed by atoms with Gasteiger partial charge in [0, 0.05) is 5.41 Å². The van der Waals surface area contributed by atoms with Crippen molar-refractivity contribution in [3.63, 3.8) is 0 Å². The lowest BCUT2D eigenvalue weighted by atomic mass is 9.71. The second-order valence-electron chi connectivity index (χ2n) is 6.70. The van der Waals surface area contributed by atoms with Gasteiger partial charge in [0.2, 0.25) is 0 Å². The van der Waals surface area contributed by atoms with Crippen molar-refractivity contribution >= 4 is 11.9 Å². The molecule has 2 aromatic carbocycles. The molecule has 0 amide bonds. The van der Waals surface area contributed by atoms with E-state index < -0.39 is 11.9 Å². The smallest absolute Gasteiger partial charge is 0.335 e. The van der Waals surface area contributed by atoms with E-state index in [2.05, 4.69) is 20.8 Å². The van der Waals surface area contributed by atoms with E-state index in [-0.39, 0.29) is 16.5 Å². The number of rotatable bonds is 6.